The molecule has 1 heterocycles. The Morgan fingerprint density at radius 3 is 1.27 bits per heavy atom. The van der Waals surface area contributed by atoms with Crippen molar-refractivity contribution in [3.05, 3.63) is 144 Å². The molecule has 45 heavy (non-hydrogen) atoms. The molecular formula is C35H30O10. The van der Waals surface area contributed by atoms with Crippen LogP contribution in [0.3, 0.4) is 0 Å². The largest absolute Gasteiger partial charge is 0.459 e. The van der Waals surface area contributed by atoms with E-state index in [1.54, 1.807) is 121 Å². The first kappa shape index (κ1) is 31.1. The molecule has 1 aliphatic rings. The fraction of sp³-hybridized carbons (Fsp3) is 0.200. The second-order valence-corrected chi connectivity index (χ2v) is 9.95. The first-order valence-corrected chi connectivity index (χ1v) is 14.1. The highest BCUT2D eigenvalue weighted by Crippen LogP contribution is 2.31. The maximum atomic E-state index is 13.4. The van der Waals surface area contributed by atoms with Crippen molar-refractivity contribution in [1.29, 1.82) is 0 Å². The van der Waals surface area contributed by atoms with Crippen LogP contribution in [0.2, 0.25) is 0 Å². The zero-order chi connectivity index (χ0) is 31.6. The zero-order valence-corrected chi connectivity index (χ0v) is 24.2. The number of carbonyl (C=O) groups excluding carboxylic acids is 4. The lowest BCUT2D eigenvalue weighted by Crippen LogP contribution is -2.63. The summed E-state index contributed by atoms with van der Waals surface area (Å²) in [4.78, 5) is 52.8. The maximum absolute atomic E-state index is 13.4. The molecule has 1 aliphatic heterocycles. The zero-order valence-electron chi connectivity index (χ0n) is 24.2. The van der Waals surface area contributed by atoms with Gasteiger partial charge in [0.15, 0.2) is 24.6 Å². The van der Waals surface area contributed by atoms with Crippen LogP contribution in [0.4, 0.5) is 0 Å². The highest BCUT2D eigenvalue weighted by atomic mass is 16.7. The van der Waals surface area contributed by atoms with E-state index in [0.29, 0.717) is 0 Å². The van der Waals surface area contributed by atoms with Crippen LogP contribution in [0, 0.1) is 0 Å². The van der Waals surface area contributed by atoms with E-state index in [1.165, 1.54) is 7.11 Å². The summed E-state index contributed by atoms with van der Waals surface area (Å²) in [5, 5.41) is 0. The van der Waals surface area contributed by atoms with Gasteiger partial charge in [0.05, 0.1) is 22.3 Å². The Balaban J connectivity index is 1.50. The number of methoxy groups -OCH3 is 1. The van der Waals surface area contributed by atoms with E-state index in [9.17, 15) is 19.2 Å². The average Bonchev–Trinajstić information content (AvgIpc) is 3.10. The van der Waals surface area contributed by atoms with E-state index in [2.05, 4.69) is 0 Å². The molecule has 1 fully saturated rings. The summed E-state index contributed by atoms with van der Waals surface area (Å²) in [7, 11) is 1.31. The van der Waals surface area contributed by atoms with Gasteiger partial charge in [-0.25, -0.2) is 19.2 Å². The summed E-state index contributed by atoms with van der Waals surface area (Å²) in [6.07, 6.45) is -6.76. The van der Waals surface area contributed by atoms with Crippen molar-refractivity contribution in [3.8, 4) is 0 Å². The first-order valence-electron chi connectivity index (χ1n) is 14.1. The van der Waals surface area contributed by atoms with Gasteiger partial charge in [-0.15, -0.1) is 0 Å². The summed E-state index contributed by atoms with van der Waals surface area (Å²) in [6, 6.07) is 32.7. The third-order valence-electron chi connectivity index (χ3n) is 6.97. The highest BCUT2D eigenvalue weighted by Gasteiger charge is 2.53. The molecule has 5 rings (SSSR count). The topological polar surface area (TPSA) is 124 Å². The smallest absolute Gasteiger partial charge is 0.338 e. The van der Waals surface area contributed by atoms with E-state index in [-0.39, 0.29) is 22.3 Å². The van der Waals surface area contributed by atoms with Gasteiger partial charge in [-0.3, -0.25) is 0 Å². The lowest BCUT2D eigenvalue weighted by molar-refractivity contribution is -0.291. The Labute approximate surface area is 259 Å². The van der Waals surface area contributed by atoms with Crippen LogP contribution in [0.5, 0.6) is 0 Å². The summed E-state index contributed by atoms with van der Waals surface area (Å²) >= 11 is 0. The fourth-order valence-corrected chi connectivity index (χ4v) is 4.72. The predicted octanol–water partition coefficient (Wildman–Crippen LogP) is 4.89. The number of carbonyl (C=O) groups is 4. The fourth-order valence-electron chi connectivity index (χ4n) is 4.72. The molecule has 0 aliphatic carbocycles. The average molecular weight is 611 g/mol. The van der Waals surface area contributed by atoms with Crippen molar-refractivity contribution < 1.29 is 47.6 Å². The molecular weight excluding hydrogens is 580 g/mol. The number of ether oxygens (including phenoxy) is 6. The Morgan fingerprint density at radius 2 is 0.867 bits per heavy atom. The molecule has 5 atom stereocenters. The number of hydrogen-bond acceptors (Lipinski definition) is 10. The van der Waals surface area contributed by atoms with E-state index < -0.39 is 61.2 Å². The first-order chi connectivity index (χ1) is 21.9. The van der Waals surface area contributed by atoms with Crippen LogP contribution in [0.1, 0.15) is 41.4 Å². The minimum absolute atomic E-state index is 0.200. The molecule has 230 valence electrons. The number of esters is 4. The standard InChI is InChI=1S/C35H30O10/c1-40-35-30(45-34(39)26-20-12-5-13-21-26)29(44-33(38)25-18-10-4-11-19-25)28(43-32(37)24-16-8-3-9-17-24)27(42-35)22-41-31(36)23-14-6-2-7-15-23/h2-21,27-30,35H,22H2,1H3/t27-,28+,29+,30-,35+/m0/s1. The minimum atomic E-state index is -1.45. The molecule has 4 aromatic rings. The van der Waals surface area contributed by atoms with Gasteiger partial charge in [0.1, 0.15) is 12.7 Å². The van der Waals surface area contributed by atoms with E-state index in [4.69, 9.17) is 28.4 Å². The van der Waals surface area contributed by atoms with Crippen molar-refractivity contribution in [3.63, 3.8) is 0 Å². The van der Waals surface area contributed by atoms with Crippen LogP contribution in [0.15, 0.2) is 121 Å². The van der Waals surface area contributed by atoms with Crippen molar-refractivity contribution >= 4 is 23.9 Å². The number of rotatable bonds is 10. The Kier molecular flexibility index (Phi) is 10.3. The van der Waals surface area contributed by atoms with Crippen LogP contribution in [-0.4, -0.2) is 68.3 Å². The quantitative estimate of drug-likeness (QED) is 0.181. The monoisotopic (exact) mass is 610 g/mol. The van der Waals surface area contributed by atoms with Crippen molar-refractivity contribution in [2.45, 2.75) is 30.7 Å². The van der Waals surface area contributed by atoms with E-state index in [0.717, 1.165) is 0 Å². The molecule has 10 heteroatoms. The van der Waals surface area contributed by atoms with Crippen LogP contribution in [0.25, 0.3) is 0 Å². The molecule has 0 spiro atoms. The molecule has 0 unspecified atom stereocenters. The molecule has 0 bridgehead atoms. The van der Waals surface area contributed by atoms with Gasteiger partial charge < -0.3 is 28.4 Å². The third-order valence-corrected chi connectivity index (χ3v) is 6.97. The molecule has 0 saturated carbocycles. The van der Waals surface area contributed by atoms with Crippen molar-refractivity contribution in [2.24, 2.45) is 0 Å². The van der Waals surface area contributed by atoms with Gasteiger partial charge in [0.2, 0.25) is 0 Å². The van der Waals surface area contributed by atoms with Gasteiger partial charge in [0, 0.05) is 7.11 Å². The summed E-state index contributed by atoms with van der Waals surface area (Å²) < 4.78 is 34.9. The maximum Gasteiger partial charge on any atom is 0.338 e. The summed E-state index contributed by atoms with van der Waals surface area (Å²) in [5.74, 6) is -2.96. The van der Waals surface area contributed by atoms with Crippen molar-refractivity contribution in [2.75, 3.05) is 13.7 Å². The molecule has 4 aromatic carbocycles. The van der Waals surface area contributed by atoms with Crippen LogP contribution < -0.4 is 0 Å². The van der Waals surface area contributed by atoms with Gasteiger partial charge in [0.25, 0.3) is 0 Å². The van der Waals surface area contributed by atoms with Crippen molar-refractivity contribution in [1.82, 2.24) is 0 Å². The predicted molar refractivity (Wildman–Crippen MR) is 159 cm³/mol. The Hall–Kier alpha value is -5.32. The summed E-state index contributed by atoms with van der Waals surface area (Å²) in [6.45, 7) is -0.418. The number of benzene rings is 4. The minimum Gasteiger partial charge on any atom is -0.459 e. The molecule has 1 saturated heterocycles. The highest BCUT2D eigenvalue weighted by molar-refractivity contribution is 5.91. The molecule has 0 N–H and O–H groups in total. The lowest BCUT2D eigenvalue weighted by atomic mass is 9.97. The third kappa shape index (κ3) is 7.80. The molecule has 0 aromatic heterocycles. The molecule has 0 amide bonds. The Bertz CT molecular complexity index is 1580. The van der Waals surface area contributed by atoms with Crippen LogP contribution >= 0.6 is 0 Å². The van der Waals surface area contributed by atoms with Gasteiger partial charge in [-0.05, 0) is 48.5 Å². The number of hydrogen-bond donors (Lipinski definition) is 0. The SMILES string of the molecule is CO[C@@H]1O[C@@H](COC(=O)c2ccccc2)[C@@H](OC(=O)c2ccccc2)[C@@H](OC(=O)c2ccccc2)[C@@H]1OC(=O)c1ccccc1. The second-order valence-electron chi connectivity index (χ2n) is 9.95. The van der Waals surface area contributed by atoms with Gasteiger partial charge in [-0.1, -0.05) is 72.8 Å². The second kappa shape index (κ2) is 14.9. The van der Waals surface area contributed by atoms with E-state index >= 15 is 0 Å². The van der Waals surface area contributed by atoms with Gasteiger partial charge >= 0.3 is 23.9 Å². The van der Waals surface area contributed by atoms with Gasteiger partial charge in [-0.2, -0.15) is 0 Å². The van der Waals surface area contributed by atoms with Crippen LogP contribution in [-0.2, 0) is 28.4 Å². The normalized spacial score (nSPS) is 20.8. The molecule has 10 nitrogen and oxygen atoms in total. The summed E-state index contributed by atoms with van der Waals surface area (Å²) in [5.41, 5.74) is 0.914. The lowest BCUT2D eigenvalue weighted by Gasteiger charge is -2.44. The Morgan fingerprint density at radius 1 is 0.511 bits per heavy atom. The van der Waals surface area contributed by atoms with E-state index in [1.807, 2.05) is 0 Å². The molecule has 0 radical (unpaired) electrons.